The van der Waals surface area contributed by atoms with Crippen molar-refractivity contribution < 1.29 is 9.47 Å². The maximum Gasteiger partial charge on any atom is 0.222 e. The van der Waals surface area contributed by atoms with Crippen LogP contribution < -0.4 is 20.9 Å². The van der Waals surface area contributed by atoms with E-state index in [0.717, 1.165) is 5.56 Å². The SMILES string of the molecule is C#Cc1c(OC)ccc(Oc2cnc(N)nc2N)c1C(C)C.c1cc2ncc1-2. The lowest BCUT2D eigenvalue weighted by atomic mass is 9.95. The Bertz CT molecular complexity index is 1020. The van der Waals surface area contributed by atoms with E-state index in [1.54, 1.807) is 19.2 Å². The number of fused-ring (bicyclic) bond motifs is 1. The molecule has 1 aromatic carbocycles. The number of nitrogens with zero attached hydrogens (tertiary/aromatic N) is 3. The molecule has 2 aliphatic rings. The van der Waals surface area contributed by atoms with Gasteiger partial charge in [0.1, 0.15) is 11.5 Å². The lowest BCUT2D eigenvalue weighted by Gasteiger charge is -2.18. The van der Waals surface area contributed by atoms with Crippen LogP contribution in [0, 0.1) is 12.3 Å². The number of pyridine rings is 1. The van der Waals surface area contributed by atoms with Gasteiger partial charge in [-0.2, -0.15) is 4.98 Å². The standard InChI is InChI=1S/C16H18N4O2.C5H3N/c1-5-10-11(21-4)6-7-12(14(10)9(2)3)22-13-8-19-16(18)20-15(13)17;1-2-5-4(1)3-6-5/h1,6-9H,2-4H3,(H4,17,18,19,20);1-3H. The molecular weight excluding hydrogens is 354 g/mol. The third-order valence-corrected chi connectivity index (χ3v) is 4.19. The molecular formula is C21H21N5O2. The monoisotopic (exact) mass is 375 g/mol. The Morgan fingerprint density at radius 2 is 1.71 bits per heavy atom. The second-order valence-corrected chi connectivity index (χ2v) is 6.37. The van der Waals surface area contributed by atoms with Crippen molar-refractivity contribution in [1.82, 2.24) is 15.0 Å². The summed E-state index contributed by atoms with van der Waals surface area (Å²) >= 11 is 0. The number of nitrogens with two attached hydrogens (primary N) is 2. The minimum Gasteiger partial charge on any atom is -0.495 e. The minimum atomic E-state index is 0.0907. The van der Waals surface area contributed by atoms with Gasteiger partial charge < -0.3 is 20.9 Å². The molecule has 4 rings (SSSR count). The third-order valence-electron chi connectivity index (χ3n) is 4.19. The van der Waals surface area contributed by atoms with Gasteiger partial charge in [0, 0.05) is 17.3 Å². The van der Waals surface area contributed by atoms with Crippen LogP contribution in [0.3, 0.4) is 0 Å². The molecule has 142 valence electrons. The Morgan fingerprint density at radius 3 is 2.14 bits per heavy atom. The van der Waals surface area contributed by atoms with Crippen molar-refractivity contribution in [2.75, 3.05) is 18.6 Å². The Kier molecular flexibility index (Phi) is 5.32. The molecule has 4 N–H and O–H groups in total. The van der Waals surface area contributed by atoms with Crippen LogP contribution in [0.2, 0.25) is 0 Å². The van der Waals surface area contributed by atoms with Crippen molar-refractivity contribution in [2.45, 2.75) is 19.8 Å². The number of anilines is 2. The second kappa shape index (κ2) is 7.84. The zero-order valence-electron chi connectivity index (χ0n) is 15.9. The highest BCUT2D eigenvalue weighted by Gasteiger charge is 2.18. The molecule has 1 aromatic heterocycles. The molecule has 0 atom stereocenters. The summed E-state index contributed by atoms with van der Waals surface area (Å²) < 4.78 is 11.1. The van der Waals surface area contributed by atoms with Crippen molar-refractivity contribution >= 4 is 11.8 Å². The summed E-state index contributed by atoms with van der Waals surface area (Å²) in [7, 11) is 1.58. The first-order valence-corrected chi connectivity index (χ1v) is 8.64. The van der Waals surface area contributed by atoms with Gasteiger partial charge in [0.25, 0.3) is 0 Å². The van der Waals surface area contributed by atoms with Gasteiger partial charge in [0.05, 0.1) is 24.6 Å². The van der Waals surface area contributed by atoms with Gasteiger partial charge in [-0.15, -0.1) is 6.42 Å². The van der Waals surface area contributed by atoms with Crippen LogP contribution in [0.1, 0.15) is 30.9 Å². The van der Waals surface area contributed by atoms with E-state index < -0.39 is 0 Å². The first kappa shape index (κ1) is 19.0. The Labute approximate surface area is 163 Å². The average Bonchev–Trinajstić information content (AvgIpc) is 2.66. The zero-order valence-corrected chi connectivity index (χ0v) is 15.9. The lowest BCUT2D eigenvalue weighted by molar-refractivity contribution is 0.409. The van der Waals surface area contributed by atoms with E-state index >= 15 is 0 Å². The smallest absolute Gasteiger partial charge is 0.222 e. The number of hydrogen-bond donors (Lipinski definition) is 2. The highest BCUT2D eigenvalue weighted by molar-refractivity contribution is 5.68. The van der Waals surface area contributed by atoms with Crippen LogP contribution in [0.4, 0.5) is 11.8 Å². The van der Waals surface area contributed by atoms with Gasteiger partial charge in [0.2, 0.25) is 5.95 Å². The normalized spacial score (nSPS) is 10.5. The maximum absolute atomic E-state index is 5.84. The van der Waals surface area contributed by atoms with E-state index in [4.69, 9.17) is 27.4 Å². The quantitative estimate of drug-likeness (QED) is 0.524. The molecule has 0 saturated carbocycles. The first-order chi connectivity index (χ1) is 13.4. The lowest BCUT2D eigenvalue weighted by Crippen LogP contribution is -2.04. The van der Waals surface area contributed by atoms with E-state index in [1.807, 2.05) is 26.1 Å². The van der Waals surface area contributed by atoms with E-state index in [-0.39, 0.29) is 17.7 Å². The molecule has 7 nitrogen and oxygen atoms in total. The fraction of sp³-hybridized carbons (Fsp3) is 0.190. The van der Waals surface area contributed by atoms with Gasteiger partial charge in [-0.1, -0.05) is 19.8 Å². The van der Waals surface area contributed by atoms with Gasteiger partial charge in [0.15, 0.2) is 11.6 Å². The number of hydrogen-bond acceptors (Lipinski definition) is 7. The van der Waals surface area contributed by atoms with Gasteiger partial charge in [-0.3, -0.25) is 4.98 Å². The highest BCUT2D eigenvalue weighted by atomic mass is 16.5. The zero-order chi connectivity index (χ0) is 20.3. The number of methoxy groups -OCH3 is 1. The fourth-order valence-corrected chi connectivity index (χ4v) is 2.71. The molecule has 28 heavy (non-hydrogen) atoms. The van der Waals surface area contributed by atoms with E-state index in [2.05, 4.69) is 26.9 Å². The number of benzene rings is 1. The van der Waals surface area contributed by atoms with Crippen molar-refractivity contribution in [3.63, 3.8) is 0 Å². The predicted octanol–water partition coefficient (Wildman–Crippen LogP) is 3.61. The van der Waals surface area contributed by atoms with Crippen LogP contribution in [0.15, 0.2) is 36.7 Å². The summed E-state index contributed by atoms with van der Waals surface area (Å²) in [5, 5.41) is 0. The topological polar surface area (TPSA) is 109 Å². The number of ether oxygens (including phenoxy) is 2. The molecule has 2 aromatic rings. The van der Waals surface area contributed by atoms with E-state index in [0.29, 0.717) is 22.8 Å². The molecule has 0 radical (unpaired) electrons. The highest BCUT2D eigenvalue weighted by Crippen LogP contribution is 2.38. The molecule has 0 bridgehead atoms. The van der Waals surface area contributed by atoms with Crippen molar-refractivity contribution in [3.8, 4) is 40.8 Å². The number of rotatable bonds is 4. The molecule has 0 spiro atoms. The molecule has 0 saturated heterocycles. The fourth-order valence-electron chi connectivity index (χ4n) is 2.71. The molecule has 0 fully saturated rings. The van der Waals surface area contributed by atoms with Crippen LogP contribution in [0.25, 0.3) is 11.3 Å². The van der Waals surface area contributed by atoms with Gasteiger partial charge in [-0.05, 0) is 30.2 Å². The summed E-state index contributed by atoms with van der Waals surface area (Å²) in [5.41, 5.74) is 15.3. The Balaban J connectivity index is 0.000000311. The van der Waals surface area contributed by atoms with Gasteiger partial charge in [-0.25, -0.2) is 4.98 Å². The largest absolute Gasteiger partial charge is 0.495 e. The molecule has 0 amide bonds. The van der Waals surface area contributed by atoms with Crippen LogP contribution in [0.5, 0.6) is 17.2 Å². The molecule has 1 aliphatic carbocycles. The van der Waals surface area contributed by atoms with E-state index in [1.165, 1.54) is 17.5 Å². The predicted molar refractivity (Wildman–Crippen MR) is 109 cm³/mol. The van der Waals surface area contributed by atoms with Crippen molar-refractivity contribution in [1.29, 1.82) is 0 Å². The van der Waals surface area contributed by atoms with E-state index in [9.17, 15) is 0 Å². The molecule has 2 heterocycles. The van der Waals surface area contributed by atoms with Gasteiger partial charge >= 0.3 is 0 Å². The first-order valence-electron chi connectivity index (χ1n) is 8.64. The number of terminal acetylenes is 1. The summed E-state index contributed by atoms with van der Waals surface area (Å²) in [6.45, 7) is 4.04. The molecule has 7 heteroatoms. The average molecular weight is 375 g/mol. The minimum absolute atomic E-state index is 0.0907. The molecule has 0 unspecified atom stereocenters. The summed E-state index contributed by atoms with van der Waals surface area (Å²) in [6.07, 6.45) is 8.93. The number of nitrogen functional groups attached to an aromatic ring is 2. The van der Waals surface area contributed by atoms with Crippen LogP contribution >= 0.6 is 0 Å². The maximum atomic E-state index is 5.84. The van der Waals surface area contributed by atoms with Crippen LogP contribution in [-0.2, 0) is 0 Å². The molecule has 1 aliphatic heterocycles. The summed E-state index contributed by atoms with van der Waals surface area (Å²) in [4.78, 5) is 11.7. The van der Waals surface area contributed by atoms with Crippen LogP contribution in [-0.4, -0.2) is 22.1 Å². The summed E-state index contributed by atoms with van der Waals surface area (Å²) in [5.74, 6) is 4.58. The van der Waals surface area contributed by atoms with Crippen molar-refractivity contribution in [3.05, 3.63) is 47.8 Å². The second-order valence-electron chi connectivity index (χ2n) is 6.37. The number of aromatic nitrogens is 3. The third kappa shape index (κ3) is 3.67. The Morgan fingerprint density at radius 1 is 1.00 bits per heavy atom. The van der Waals surface area contributed by atoms with Crippen molar-refractivity contribution in [2.24, 2.45) is 0 Å². The summed E-state index contributed by atoms with van der Waals surface area (Å²) in [6, 6.07) is 7.60. The Hall–Kier alpha value is -3.79.